The van der Waals surface area contributed by atoms with Crippen LogP contribution in [0.25, 0.3) is 32.4 Å². The second-order valence-corrected chi connectivity index (χ2v) is 9.67. The summed E-state index contributed by atoms with van der Waals surface area (Å²) in [4.78, 5) is 9.36. The molecule has 0 saturated heterocycles. The minimum Gasteiger partial charge on any atom is -0.398 e. The van der Waals surface area contributed by atoms with Crippen LogP contribution in [-0.2, 0) is 9.84 Å². The van der Waals surface area contributed by atoms with Crippen LogP contribution in [-0.4, -0.2) is 23.6 Å². The maximum atomic E-state index is 12.5. The molecule has 130 valence electrons. The molecule has 0 amide bonds. The molecule has 2 N–H and O–H groups in total. The van der Waals surface area contributed by atoms with E-state index in [0.29, 0.717) is 21.5 Å². The number of hydrogen-bond acceptors (Lipinski definition) is 6. The molecule has 0 aliphatic heterocycles. The molecule has 1 fully saturated rings. The van der Waals surface area contributed by atoms with Gasteiger partial charge in [0.1, 0.15) is 0 Å². The van der Waals surface area contributed by atoms with Crippen molar-refractivity contribution in [2.24, 2.45) is 0 Å². The summed E-state index contributed by atoms with van der Waals surface area (Å²) < 4.78 is 26.1. The lowest BCUT2D eigenvalue weighted by molar-refractivity contribution is 0.595. The van der Waals surface area contributed by atoms with Crippen molar-refractivity contribution in [3.05, 3.63) is 48.0 Å². The number of nitrogens with two attached hydrogens (primary N) is 1. The molecule has 5 rings (SSSR count). The van der Waals surface area contributed by atoms with E-state index in [1.165, 1.54) is 0 Å². The van der Waals surface area contributed by atoms with E-state index in [4.69, 9.17) is 5.73 Å². The largest absolute Gasteiger partial charge is 0.398 e. The SMILES string of the molecule is Nc1cc(-c2ccc3scnc3c2)nc2ccc(S(=O)(=O)C3CC3)cc12. The molecule has 2 aromatic carbocycles. The number of thiazole rings is 1. The van der Waals surface area contributed by atoms with Gasteiger partial charge in [0, 0.05) is 16.6 Å². The van der Waals surface area contributed by atoms with Gasteiger partial charge in [0.15, 0.2) is 9.84 Å². The average Bonchev–Trinajstić information content (AvgIpc) is 3.40. The van der Waals surface area contributed by atoms with E-state index in [1.807, 2.05) is 23.7 Å². The van der Waals surface area contributed by atoms with Gasteiger partial charge in [0.25, 0.3) is 0 Å². The number of benzene rings is 2. The van der Waals surface area contributed by atoms with Gasteiger partial charge in [0.05, 0.1) is 37.1 Å². The van der Waals surface area contributed by atoms with Gasteiger partial charge < -0.3 is 5.73 Å². The number of fused-ring (bicyclic) bond motifs is 2. The zero-order chi connectivity index (χ0) is 17.9. The number of anilines is 1. The highest BCUT2D eigenvalue weighted by Crippen LogP contribution is 2.36. The van der Waals surface area contributed by atoms with Crippen LogP contribution in [0.15, 0.2) is 52.9 Å². The number of rotatable bonds is 3. The summed E-state index contributed by atoms with van der Waals surface area (Å²) >= 11 is 1.60. The van der Waals surface area contributed by atoms with E-state index in [9.17, 15) is 8.42 Å². The van der Waals surface area contributed by atoms with Crippen LogP contribution in [0.2, 0.25) is 0 Å². The molecule has 7 heteroatoms. The summed E-state index contributed by atoms with van der Waals surface area (Å²) in [5.41, 5.74) is 11.9. The van der Waals surface area contributed by atoms with Crippen molar-refractivity contribution in [2.75, 3.05) is 5.73 Å². The molecule has 0 spiro atoms. The molecule has 1 aliphatic carbocycles. The van der Waals surface area contributed by atoms with Gasteiger partial charge in [-0.2, -0.15) is 0 Å². The molecule has 0 atom stereocenters. The van der Waals surface area contributed by atoms with Gasteiger partial charge >= 0.3 is 0 Å². The van der Waals surface area contributed by atoms with Crippen LogP contribution < -0.4 is 5.73 Å². The Bertz CT molecular complexity index is 1270. The van der Waals surface area contributed by atoms with E-state index in [-0.39, 0.29) is 5.25 Å². The van der Waals surface area contributed by atoms with Gasteiger partial charge in [-0.25, -0.2) is 18.4 Å². The minimum atomic E-state index is -3.24. The fourth-order valence-corrected chi connectivity index (χ4v) is 5.48. The summed E-state index contributed by atoms with van der Waals surface area (Å²) in [5, 5.41) is 0.434. The zero-order valence-electron chi connectivity index (χ0n) is 13.7. The summed E-state index contributed by atoms with van der Waals surface area (Å²) in [6.45, 7) is 0. The number of aromatic nitrogens is 2. The van der Waals surface area contributed by atoms with Crippen molar-refractivity contribution in [1.29, 1.82) is 0 Å². The zero-order valence-corrected chi connectivity index (χ0v) is 15.3. The van der Waals surface area contributed by atoms with E-state index >= 15 is 0 Å². The van der Waals surface area contributed by atoms with Gasteiger partial charge in [-0.05, 0) is 49.2 Å². The third-order valence-corrected chi connectivity index (χ3v) is 7.80. The predicted octanol–water partition coefficient (Wildman–Crippen LogP) is 4.03. The Morgan fingerprint density at radius 1 is 1.04 bits per heavy atom. The van der Waals surface area contributed by atoms with Gasteiger partial charge in [-0.1, -0.05) is 6.07 Å². The van der Waals surface area contributed by atoms with Crippen LogP contribution in [0.4, 0.5) is 5.69 Å². The summed E-state index contributed by atoms with van der Waals surface area (Å²) in [6.07, 6.45) is 1.48. The highest BCUT2D eigenvalue weighted by molar-refractivity contribution is 7.92. The van der Waals surface area contributed by atoms with Crippen molar-refractivity contribution in [2.45, 2.75) is 23.0 Å². The quantitative estimate of drug-likeness (QED) is 0.579. The number of nitrogens with zero attached hydrogens (tertiary/aromatic N) is 2. The second-order valence-electron chi connectivity index (χ2n) is 6.55. The number of hydrogen-bond donors (Lipinski definition) is 1. The van der Waals surface area contributed by atoms with Gasteiger partial charge in [-0.3, -0.25) is 0 Å². The van der Waals surface area contributed by atoms with Crippen LogP contribution >= 0.6 is 11.3 Å². The molecule has 0 bridgehead atoms. The van der Waals surface area contributed by atoms with Crippen LogP contribution in [0.1, 0.15) is 12.8 Å². The molecule has 1 saturated carbocycles. The molecule has 0 radical (unpaired) electrons. The Morgan fingerprint density at radius 2 is 1.88 bits per heavy atom. The minimum absolute atomic E-state index is 0.238. The lowest BCUT2D eigenvalue weighted by atomic mass is 10.1. The lowest BCUT2D eigenvalue weighted by Crippen LogP contribution is -2.07. The highest BCUT2D eigenvalue weighted by Gasteiger charge is 2.36. The first-order valence-electron chi connectivity index (χ1n) is 8.30. The normalized spacial score (nSPS) is 14.9. The number of sulfone groups is 1. The van der Waals surface area contributed by atoms with Crippen LogP contribution in [0.3, 0.4) is 0 Å². The third-order valence-electron chi connectivity index (χ3n) is 4.73. The predicted molar refractivity (Wildman–Crippen MR) is 105 cm³/mol. The fraction of sp³-hybridized carbons (Fsp3) is 0.158. The maximum absolute atomic E-state index is 12.5. The second kappa shape index (κ2) is 5.49. The number of pyridine rings is 1. The Kier molecular flexibility index (Phi) is 3.32. The summed E-state index contributed by atoms with van der Waals surface area (Å²) in [7, 11) is -3.24. The smallest absolute Gasteiger partial charge is 0.181 e. The number of nitrogen functional groups attached to an aromatic ring is 1. The van der Waals surface area contributed by atoms with E-state index in [2.05, 4.69) is 9.97 Å². The average molecular weight is 381 g/mol. The van der Waals surface area contributed by atoms with Gasteiger partial charge in [0.2, 0.25) is 0 Å². The van der Waals surface area contributed by atoms with Crippen LogP contribution in [0.5, 0.6) is 0 Å². The van der Waals surface area contributed by atoms with Crippen molar-refractivity contribution in [3.63, 3.8) is 0 Å². The molecule has 1 aliphatic rings. The molecule has 2 heterocycles. The maximum Gasteiger partial charge on any atom is 0.181 e. The standard InChI is InChI=1S/C19H15N3O2S2/c20-15-9-17(11-1-6-19-18(7-11)21-10-25-19)22-16-5-4-13(8-14(15)16)26(23,24)12-2-3-12/h1,4-10,12H,2-3H2,(H2,20,22). The van der Waals surface area contributed by atoms with E-state index in [0.717, 1.165) is 34.3 Å². The first-order valence-corrected chi connectivity index (χ1v) is 10.7. The van der Waals surface area contributed by atoms with E-state index in [1.54, 1.807) is 35.6 Å². The third kappa shape index (κ3) is 2.47. The molecular weight excluding hydrogens is 366 g/mol. The first kappa shape index (κ1) is 15.7. The van der Waals surface area contributed by atoms with E-state index < -0.39 is 9.84 Å². The van der Waals surface area contributed by atoms with Gasteiger partial charge in [-0.15, -0.1) is 11.3 Å². The molecule has 0 unspecified atom stereocenters. The Balaban J connectivity index is 1.65. The highest BCUT2D eigenvalue weighted by atomic mass is 32.2. The van der Waals surface area contributed by atoms with Crippen molar-refractivity contribution < 1.29 is 8.42 Å². The molecular formula is C19H15N3O2S2. The monoisotopic (exact) mass is 381 g/mol. The molecule has 4 aromatic rings. The summed E-state index contributed by atoms with van der Waals surface area (Å²) in [5.74, 6) is 0. The van der Waals surface area contributed by atoms with Crippen molar-refractivity contribution >= 4 is 48.0 Å². The topological polar surface area (TPSA) is 85.9 Å². The molecule has 5 nitrogen and oxygen atoms in total. The molecule has 2 aromatic heterocycles. The van der Waals surface area contributed by atoms with Crippen molar-refractivity contribution in [3.8, 4) is 11.3 Å². The summed E-state index contributed by atoms with van der Waals surface area (Å²) in [6, 6.07) is 12.8. The van der Waals surface area contributed by atoms with Crippen molar-refractivity contribution in [1.82, 2.24) is 9.97 Å². The fourth-order valence-electron chi connectivity index (χ4n) is 3.14. The Labute approximate surface area is 154 Å². The molecule has 26 heavy (non-hydrogen) atoms. The Hall–Kier alpha value is -2.51. The Morgan fingerprint density at radius 3 is 2.69 bits per heavy atom. The first-order chi connectivity index (χ1) is 12.5. The van der Waals surface area contributed by atoms with Crippen LogP contribution in [0, 0.1) is 0 Å². The lowest BCUT2D eigenvalue weighted by Gasteiger charge is -2.09.